The summed E-state index contributed by atoms with van der Waals surface area (Å²) in [5.41, 5.74) is 8.23. The van der Waals surface area contributed by atoms with Crippen molar-refractivity contribution >= 4 is 28.2 Å². The van der Waals surface area contributed by atoms with Gasteiger partial charge in [0.05, 0.1) is 12.2 Å². The van der Waals surface area contributed by atoms with Gasteiger partial charge in [0.15, 0.2) is 0 Å². The van der Waals surface area contributed by atoms with Crippen molar-refractivity contribution in [1.29, 1.82) is 0 Å². The number of hydrazine groups is 1. The fourth-order valence-electron chi connectivity index (χ4n) is 6.32. The molecule has 3 aliphatic rings. The van der Waals surface area contributed by atoms with Gasteiger partial charge < -0.3 is 20.9 Å². The van der Waals surface area contributed by atoms with Crippen LogP contribution in [0.2, 0.25) is 0 Å². The summed E-state index contributed by atoms with van der Waals surface area (Å²) < 4.78 is 27.7. The van der Waals surface area contributed by atoms with Crippen molar-refractivity contribution in [2.75, 3.05) is 32.5 Å². The second-order valence-electron chi connectivity index (χ2n) is 13.2. The van der Waals surface area contributed by atoms with Crippen LogP contribution in [0.5, 0.6) is 0 Å². The van der Waals surface area contributed by atoms with Crippen LogP contribution in [0.3, 0.4) is 0 Å². The highest BCUT2D eigenvalue weighted by molar-refractivity contribution is 6.02. The molecule has 4 N–H and O–H groups in total. The number of carbonyl (C=O) groups excluding carboxylic acids is 1. The SMILES string of the molecule is CC(C)C1=C2NC(NC3CCC(F)(F)CC3)=CC(=NCc3ccccc3-c3nccc4cc(NC(=O)/C=C/CN(C)C)ccc34)N2NC1. The third-order valence-electron chi connectivity index (χ3n) is 8.94. The number of hydrogen-bond acceptors (Lipinski definition) is 7. The van der Waals surface area contributed by atoms with Crippen molar-refractivity contribution < 1.29 is 13.6 Å². The summed E-state index contributed by atoms with van der Waals surface area (Å²) >= 11 is 0. The Balaban J connectivity index is 1.26. The molecular weight excluding hydrogens is 610 g/mol. The van der Waals surface area contributed by atoms with Crippen LogP contribution in [0, 0.1) is 5.92 Å². The molecule has 1 amide bonds. The van der Waals surface area contributed by atoms with E-state index in [9.17, 15) is 13.6 Å². The van der Waals surface area contributed by atoms with Gasteiger partial charge in [0.2, 0.25) is 11.8 Å². The number of anilines is 1. The molecule has 1 saturated carbocycles. The molecule has 0 spiro atoms. The van der Waals surface area contributed by atoms with Crippen LogP contribution in [0.25, 0.3) is 22.0 Å². The van der Waals surface area contributed by atoms with Crippen molar-refractivity contribution in [3.05, 3.63) is 95.7 Å². The van der Waals surface area contributed by atoms with E-state index in [0.29, 0.717) is 44.1 Å². The Morgan fingerprint density at radius 2 is 1.96 bits per heavy atom. The number of alkyl halides is 2. The third kappa shape index (κ3) is 7.74. The van der Waals surface area contributed by atoms with Gasteiger partial charge in [-0.1, -0.05) is 50.3 Å². The molecule has 0 bridgehead atoms. The first-order chi connectivity index (χ1) is 23.1. The van der Waals surface area contributed by atoms with Gasteiger partial charge in [-0.15, -0.1) is 0 Å². The van der Waals surface area contributed by atoms with Crippen LogP contribution in [-0.4, -0.2) is 65.8 Å². The number of hydrogen-bond donors (Lipinski definition) is 4. The summed E-state index contributed by atoms with van der Waals surface area (Å²) in [6, 6.07) is 15.9. The van der Waals surface area contributed by atoms with Crippen molar-refractivity contribution in [1.82, 2.24) is 31.0 Å². The van der Waals surface area contributed by atoms with Crippen LogP contribution in [0.4, 0.5) is 14.5 Å². The highest BCUT2D eigenvalue weighted by atomic mass is 19.3. The van der Waals surface area contributed by atoms with E-state index in [1.54, 1.807) is 12.3 Å². The van der Waals surface area contributed by atoms with Crippen LogP contribution in [0.15, 0.2) is 95.2 Å². The van der Waals surface area contributed by atoms with Gasteiger partial charge in [-0.3, -0.25) is 14.8 Å². The van der Waals surface area contributed by atoms with E-state index in [-0.39, 0.29) is 24.8 Å². The van der Waals surface area contributed by atoms with Crippen molar-refractivity contribution in [2.45, 2.75) is 58.0 Å². The highest BCUT2D eigenvalue weighted by Crippen LogP contribution is 2.34. The number of fused-ring (bicyclic) bond motifs is 2. The minimum atomic E-state index is -2.58. The van der Waals surface area contributed by atoms with Crippen LogP contribution < -0.4 is 21.4 Å². The second kappa shape index (κ2) is 14.2. The lowest BCUT2D eigenvalue weighted by molar-refractivity contribution is -0.111. The lowest BCUT2D eigenvalue weighted by atomic mass is 9.92. The summed E-state index contributed by atoms with van der Waals surface area (Å²) in [7, 11) is 3.91. The molecule has 1 aromatic heterocycles. The molecule has 11 heteroatoms. The molecule has 2 aromatic carbocycles. The monoisotopic (exact) mass is 654 g/mol. The Hall–Kier alpha value is -4.61. The number of benzene rings is 2. The molecule has 9 nitrogen and oxygen atoms in total. The average Bonchev–Trinajstić information content (AvgIpc) is 3.49. The van der Waals surface area contributed by atoms with E-state index < -0.39 is 5.92 Å². The summed E-state index contributed by atoms with van der Waals surface area (Å²) in [6.07, 6.45) is 7.76. The molecular formula is C37H44F2N8O. The van der Waals surface area contributed by atoms with E-state index in [1.165, 1.54) is 5.57 Å². The first-order valence-corrected chi connectivity index (χ1v) is 16.6. The van der Waals surface area contributed by atoms with E-state index in [2.05, 4.69) is 47.4 Å². The molecule has 0 saturated heterocycles. The number of rotatable bonds is 10. The standard InChI is InChI=1S/C37H44F2N8O/c1-24(2)31-23-42-47-33(21-32(45-36(31)47)43-27-13-16-37(38,39)17-14-27)41-22-26-8-5-6-9-29(26)35-30-12-11-28(20-25(30)15-18-40-35)44-34(48)10-7-19-46(3)4/h5-12,15,18,20-21,24,27,42-43,45H,13-14,16-17,19,22-23H2,1-4H3,(H,44,48)/b10-7+,41-33?. The Labute approximate surface area is 280 Å². The normalized spacial score (nSPS) is 19.0. The van der Waals surface area contributed by atoms with Gasteiger partial charge in [-0.25, -0.2) is 19.2 Å². The minimum absolute atomic E-state index is 0.0276. The zero-order chi connectivity index (χ0) is 33.8. The number of nitrogens with zero attached hydrogens (tertiary/aromatic N) is 4. The predicted molar refractivity (Wildman–Crippen MR) is 188 cm³/mol. The number of halogens is 2. The molecule has 3 aromatic rings. The van der Waals surface area contributed by atoms with Crippen molar-refractivity contribution in [2.24, 2.45) is 10.9 Å². The molecule has 0 radical (unpaired) electrons. The maximum atomic E-state index is 13.8. The predicted octanol–water partition coefficient (Wildman–Crippen LogP) is 6.16. The van der Waals surface area contributed by atoms with Gasteiger partial charge in [0.25, 0.3) is 0 Å². The van der Waals surface area contributed by atoms with Crippen molar-refractivity contribution in [3.8, 4) is 11.3 Å². The van der Waals surface area contributed by atoms with E-state index >= 15 is 0 Å². The molecule has 0 unspecified atom stereocenters. The van der Waals surface area contributed by atoms with Crippen LogP contribution in [0.1, 0.15) is 45.1 Å². The van der Waals surface area contributed by atoms with Gasteiger partial charge in [-0.05, 0) is 67.6 Å². The zero-order valence-corrected chi connectivity index (χ0v) is 28.0. The fourth-order valence-corrected chi connectivity index (χ4v) is 6.32. The maximum Gasteiger partial charge on any atom is 0.248 e. The summed E-state index contributed by atoms with van der Waals surface area (Å²) in [4.78, 5) is 24.3. The average molecular weight is 655 g/mol. The van der Waals surface area contributed by atoms with E-state index in [1.807, 2.05) is 72.6 Å². The summed E-state index contributed by atoms with van der Waals surface area (Å²) in [6.45, 7) is 6.11. The maximum absolute atomic E-state index is 13.8. The molecule has 0 atom stereocenters. The number of amides is 1. The number of aliphatic imine (C=N–C) groups is 1. The summed E-state index contributed by atoms with van der Waals surface area (Å²) in [5.74, 6) is 0.0138. The summed E-state index contributed by atoms with van der Waals surface area (Å²) in [5, 5.41) is 13.9. The van der Waals surface area contributed by atoms with Crippen LogP contribution >= 0.6 is 0 Å². The number of nitrogens with one attached hydrogen (secondary N) is 4. The Bertz CT molecular complexity index is 1780. The molecule has 2 aliphatic heterocycles. The molecule has 48 heavy (non-hydrogen) atoms. The topological polar surface area (TPSA) is 96.9 Å². The minimum Gasteiger partial charge on any atom is -0.369 e. The first-order valence-electron chi connectivity index (χ1n) is 16.6. The lowest BCUT2D eigenvalue weighted by Gasteiger charge is -2.34. The molecule has 3 heterocycles. The molecule has 6 rings (SSSR count). The molecule has 1 aliphatic carbocycles. The van der Waals surface area contributed by atoms with Crippen molar-refractivity contribution in [3.63, 3.8) is 0 Å². The number of pyridine rings is 1. The fraction of sp³-hybridized carbons (Fsp3) is 0.378. The molecule has 1 fully saturated rings. The van der Waals surface area contributed by atoms with Gasteiger partial charge in [0, 0.05) is 67.0 Å². The first kappa shape index (κ1) is 33.3. The van der Waals surface area contributed by atoms with Gasteiger partial charge in [-0.2, -0.15) is 0 Å². The molecule has 252 valence electrons. The Morgan fingerprint density at radius 1 is 1.17 bits per heavy atom. The Kier molecular flexibility index (Phi) is 9.88. The largest absolute Gasteiger partial charge is 0.369 e. The number of likely N-dealkylation sites (N-methyl/N-ethyl adjacent to an activating group) is 1. The zero-order valence-electron chi connectivity index (χ0n) is 28.0. The van der Waals surface area contributed by atoms with Gasteiger partial charge in [0.1, 0.15) is 17.5 Å². The van der Waals surface area contributed by atoms with Crippen LogP contribution in [-0.2, 0) is 11.3 Å². The number of aromatic nitrogens is 1. The van der Waals surface area contributed by atoms with E-state index in [4.69, 9.17) is 9.98 Å². The quantitative estimate of drug-likeness (QED) is 0.195. The lowest BCUT2D eigenvalue weighted by Crippen LogP contribution is -2.48. The smallest absolute Gasteiger partial charge is 0.248 e. The van der Waals surface area contributed by atoms with Gasteiger partial charge >= 0.3 is 0 Å². The third-order valence-corrected chi connectivity index (χ3v) is 8.94. The second-order valence-corrected chi connectivity index (χ2v) is 13.2. The Morgan fingerprint density at radius 3 is 2.73 bits per heavy atom. The number of carbonyl (C=O) groups is 1. The highest BCUT2D eigenvalue weighted by Gasteiger charge is 2.36. The number of amidine groups is 1. The van der Waals surface area contributed by atoms with E-state index in [0.717, 1.165) is 45.1 Å².